The van der Waals surface area contributed by atoms with Gasteiger partial charge in [0.2, 0.25) is 5.91 Å². The number of carbonyl (C=O) groups is 4. The van der Waals surface area contributed by atoms with Crippen LogP contribution in [0, 0.1) is 5.82 Å². The minimum Gasteiger partial charge on any atom is -0.475 e. The number of carbonyl (C=O) groups excluding carboxylic acids is 2. The summed E-state index contributed by atoms with van der Waals surface area (Å²) in [6.07, 6.45) is -5.12. The van der Waals surface area contributed by atoms with Crippen LogP contribution in [-0.2, 0) is 20.9 Å². The number of hydrogen-bond donors (Lipinski definition) is 4. The van der Waals surface area contributed by atoms with Gasteiger partial charge in [0, 0.05) is 45.1 Å². The van der Waals surface area contributed by atoms with Crippen LogP contribution in [0.4, 0.5) is 30.7 Å². The molecule has 2 amide bonds. The van der Waals surface area contributed by atoms with E-state index in [1.165, 1.54) is 12.1 Å². The van der Waals surface area contributed by atoms with Crippen molar-refractivity contribution in [3.05, 3.63) is 64.7 Å². The van der Waals surface area contributed by atoms with Crippen molar-refractivity contribution in [2.75, 3.05) is 32.8 Å². The average Bonchev–Trinajstić information content (AvgIpc) is 3.23. The maximum Gasteiger partial charge on any atom is 0.490 e. The van der Waals surface area contributed by atoms with E-state index in [0.29, 0.717) is 26.3 Å². The number of aliphatic carboxylic acids is 2. The summed E-state index contributed by atoms with van der Waals surface area (Å²) in [5, 5.41) is 20.2. The van der Waals surface area contributed by atoms with Gasteiger partial charge in [0.15, 0.2) is 0 Å². The number of pyridine rings is 1. The number of carboxylic acid groups (broad SMARTS) is 2. The molecule has 2 aromatic rings. The van der Waals surface area contributed by atoms with Gasteiger partial charge in [-0.3, -0.25) is 19.5 Å². The summed E-state index contributed by atoms with van der Waals surface area (Å²) in [5.74, 6) is -6.22. The first-order valence-electron chi connectivity index (χ1n) is 12.8. The standard InChI is InChI=1S/C22H25ClFN5O2.2C2HF3O2/c23-19-12-17(24)3-4-18(19)20(30)26-8-11-28-9-5-22(6-10-28)21(31)27-15-29(22)14-16-2-1-7-25-13-16;2*3-2(4,5)1(6)7/h1-4,7,12-13H,5-6,8-11,14-15H2,(H,26,30)(H,27,31);2*(H,6,7). The third kappa shape index (κ3) is 11.1. The number of rotatable bonds is 6. The quantitative estimate of drug-likeness (QED) is 0.339. The second kappa shape index (κ2) is 15.8. The number of benzene rings is 1. The molecule has 1 aromatic heterocycles. The highest BCUT2D eigenvalue weighted by atomic mass is 35.5. The molecule has 0 atom stereocenters. The highest BCUT2D eigenvalue weighted by Gasteiger charge is 2.49. The monoisotopic (exact) mass is 673 g/mol. The van der Waals surface area contributed by atoms with Crippen LogP contribution in [0.25, 0.3) is 0 Å². The molecule has 2 aliphatic rings. The first-order chi connectivity index (χ1) is 20.9. The maximum atomic E-state index is 13.2. The van der Waals surface area contributed by atoms with Crippen LogP contribution in [-0.4, -0.2) is 99.5 Å². The molecule has 1 aromatic carbocycles. The molecule has 0 radical (unpaired) electrons. The molecular formula is C26H27ClF7N5O6. The number of piperidine rings is 1. The lowest BCUT2D eigenvalue weighted by molar-refractivity contribution is -0.193. The van der Waals surface area contributed by atoms with Gasteiger partial charge in [-0.25, -0.2) is 14.0 Å². The Morgan fingerprint density at radius 2 is 1.60 bits per heavy atom. The van der Waals surface area contributed by atoms with Crippen molar-refractivity contribution >= 4 is 35.4 Å². The summed E-state index contributed by atoms with van der Waals surface area (Å²) in [7, 11) is 0. The minimum atomic E-state index is -5.08. The van der Waals surface area contributed by atoms with Gasteiger partial charge in [-0.15, -0.1) is 0 Å². The zero-order valence-corrected chi connectivity index (χ0v) is 23.8. The molecule has 248 valence electrons. The lowest BCUT2D eigenvalue weighted by atomic mass is 9.86. The largest absolute Gasteiger partial charge is 0.490 e. The summed E-state index contributed by atoms with van der Waals surface area (Å²) in [4.78, 5) is 51.4. The van der Waals surface area contributed by atoms with Crippen LogP contribution < -0.4 is 10.6 Å². The van der Waals surface area contributed by atoms with Crippen molar-refractivity contribution in [3.63, 3.8) is 0 Å². The van der Waals surface area contributed by atoms with Gasteiger partial charge < -0.3 is 25.7 Å². The Kier molecular flexibility index (Phi) is 13.1. The number of hydrogen-bond acceptors (Lipinski definition) is 7. The fourth-order valence-corrected chi connectivity index (χ4v) is 4.59. The number of amides is 2. The van der Waals surface area contributed by atoms with Crippen molar-refractivity contribution in [2.24, 2.45) is 0 Å². The van der Waals surface area contributed by atoms with Crippen LogP contribution in [0.15, 0.2) is 42.7 Å². The molecule has 45 heavy (non-hydrogen) atoms. The fourth-order valence-electron chi connectivity index (χ4n) is 4.33. The van der Waals surface area contributed by atoms with Gasteiger partial charge in [0.1, 0.15) is 11.4 Å². The molecule has 4 N–H and O–H groups in total. The Balaban J connectivity index is 0.000000421. The first kappa shape index (κ1) is 37.2. The molecule has 0 unspecified atom stereocenters. The topological polar surface area (TPSA) is 152 Å². The maximum absolute atomic E-state index is 13.2. The molecule has 0 aliphatic carbocycles. The van der Waals surface area contributed by atoms with E-state index < -0.39 is 35.6 Å². The lowest BCUT2D eigenvalue weighted by Crippen LogP contribution is -2.56. The summed E-state index contributed by atoms with van der Waals surface area (Å²) < 4.78 is 76.6. The molecule has 0 bridgehead atoms. The molecule has 3 heterocycles. The normalized spacial score (nSPS) is 16.5. The Morgan fingerprint density at radius 1 is 1.02 bits per heavy atom. The predicted octanol–water partition coefficient (Wildman–Crippen LogP) is 3.29. The van der Waals surface area contributed by atoms with Crippen LogP contribution in [0.5, 0.6) is 0 Å². The van der Waals surface area contributed by atoms with E-state index in [9.17, 15) is 40.3 Å². The average molecular weight is 674 g/mol. The van der Waals surface area contributed by atoms with E-state index in [4.69, 9.17) is 31.4 Å². The van der Waals surface area contributed by atoms with E-state index in [0.717, 1.165) is 37.6 Å². The Bertz CT molecular complexity index is 1320. The third-order valence-corrected chi connectivity index (χ3v) is 6.92. The van der Waals surface area contributed by atoms with Gasteiger partial charge in [0.05, 0.1) is 17.3 Å². The van der Waals surface area contributed by atoms with E-state index in [2.05, 4.69) is 25.4 Å². The SMILES string of the molecule is O=C(NCCN1CCC2(CC1)C(=O)NCN2Cc1cccnc1)c1ccc(F)cc1Cl.O=C(O)C(F)(F)F.O=C(O)C(F)(F)F. The van der Waals surface area contributed by atoms with Crippen molar-refractivity contribution in [3.8, 4) is 0 Å². The zero-order chi connectivity index (χ0) is 34.0. The molecule has 2 aliphatic heterocycles. The van der Waals surface area contributed by atoms with E-state index in [1.54, 1.807) is 6.20 Å². The van der Waals surface area contributed by atoms with Gasteiger partial charge in [-0.1, -0.05) is 17.7 Å². The van der Waals surface area contributed by atoms with Crippen molar-refractivity contribution in [1.82, 2.24) is 25.4 Å². The van der Waals surface area contributed by atoms with Crippen LogP contribution in [0.1, 0.15) is 28.8 Å². The molecule has 4 rings (SSSR count). The number of nitrogens with zero attached hydrogens (tertiary/aromatic N) is 3. The van der Waals surface area contributed by atoms with Crippen LogP contribution in [0.2, 0.25) is 5.02 Å². The second-order valence-electron chi connectivity index (χ2n) is 9.58. The molecule has 2 fully saturated rings. The number of alkyl halides is 6. The molecule has 0 saturated carbocycles. The molecule has 2 saturated heterocycles. The summed E-state index contributed by atoms with van der Waals surface area (Å²) in [6.45, 7) is 3.88. The number of aromatic nitrogens is 1. The Hall–Kier alpha value is -4.03. The van der Waals surface area contributed by atoms with Gasteiger partial charge in [0.25, 0.3) is 5.91 Å². The lowest BCUT2D eigenvalue weighted by Gasteiger charge is -2.42. The van der Waals surface area contributed by atoms with Crippen molar-refractivity contribution < 1.29 is 60.1 Å². The van der Waals surface area contributed by atoms with E-state index in [1.807, 2.05) is 18.3 Å². The molecular weight excluding hydrogens is 647 g/mol. The zero-order valence-electron chi connectivity index (χ0n) is 23.1. The summed E-state index contributed by atoms with van der Waals surface area (Å²) in [6, 6.07) is 7.66. The summed E-state index contributed by atoms with van der Waals surface area (Å²) >= 11 is 5.95. The van der Waals surface area contributed by atoms with E-state index >= 15 is 0 Å². The van der Waals surface area contributed by atoms with Crippen LogP contribution >= 0.6 is 11.6 Å². The van der Waals surface area contributed by atoms with Crippen LogP contribution in [0.3, 0.4) is 0 Å². The van der Waals surface area contributed by atoms with Gasteiger partial charge in [-0.05, 0) is 42.7 Å². The second-order valence-corrected chi connectivity index (χ2v) is 9.99. The van der Waals surface area contributed by atoms with Crippen molar-refractivity contribution in [2.45, 2.75) is 37.3 Å². The van der Waals surface area contributed by atoms with E-state index in [-0.39, 0.29) is 22.4 Å². The fraction of sp³-hybridized carbons (Fsp3) is 0.423. The Labute approximate surface area is 255 Å². The van der Waals surface area contributed by atoms with Gasteiger partial charge >= 0.3 is 24.3 Å². The predicted molar refractivity (Wildman–Crippen MR) is 142 cm³/mol. The molecule has 1 spiro atoms. The summed E-state index contributed by atoms with van der Waals surface area (Å²) in [5.41, 5.74) is 0.856. The third-order valence-electron chi connectivity index (χ3n) is 6.61. The molecule has 19 heteroatoms. The first-order valence-corrected chi connectivity index (χ1v) is 13.2. The number of halogens is 8. The van der Waals surface area contributed by atoms with Crippen molar-refractivity contribution in [1.29, 1.82) is 0 Å². The number of nitrogens with one attached hydrogen (secondary N) is 2. The van der Waals surface area contributed by atoms with Gasteiger partial charge in [-0.2, -0.15) is 26.3 Å². The number of likely N-dealkylation sites (tertiary alicyclic amines) is 1. The highest BCUT2D eigenvalue weighted by molar-refractivity contribution is 6.33. The molecule has 11 nitrogen and oxygen atoms in total. The Morgan fingerprint density at radius 3 is 2.09 bits per heavy atom. The highest BCUT2D eigenvalue weighted by Crippen LogP contribution is 2.33. The number of carboxylic acids is 2. The minimum absolute atomic E-state index is 0.0929. The smallest absolute Gasteiger partial charge is 0.475 e.